The second-order valence-electron chi connectivity index (χ2n) is 5.54. The molecule has 1 aromatic heterocycles. The van der Waals surface area contributed by atoms with E-state index in [9.17, 15) is 14.3 Å². The van der Waals surface area contributed by atoms with Gasteiger partial charge in [0.1, 0.15) is 17.2 Å². The van der Waals surface area contributed by atoms with Crippen LogP contribution >= 0.6 is 0 Å². The molecule has 0 amide bonds. The van der Waals surface area contributed by atoms with Crippen molar-refractivity contribution in [2.45, 2.75) is 6.92 Å². The summed E-state index contributed by atoms with van der Waals surface area (Å²) in [7, 11) is 0. The largest absolute Gasteiger partial charge is 0.494 e. The molecule has 1 aliphatic heterocycles. The van der Waals surface area contributed by atoms with E-state index in [1.54, 1.807) is 18.2 Å². The molecule has 0 unspecified atom stereocenters. The molecule has 25 heavy (non-hydrogen) atoms. The fraction of sp³-hybridized carbons (Fsp3) is 0.0556. The zero-order valence-electron chi connectivity index (χ0n) is 13.1. The number of carbonyl (C=O) groups excluding carboxylic acids is 1. The number of aromatic amines is 1. The van der Waals surface area contributed by atoms with Crippen molar-refractivity contribution in [2.75, 3.05) is 0 Å². The van der Waals surface area contributed by atoms with E-state index in [4.69, 9.17) is 4.84 Å². The molecule has 0 saturated carbocycles. The summed E-state index contributed by atoms with van der Waals surface area (Å²) in [5.74, 6) is -1.16. The van der Waals surface area contributed by atoms with E-state index in [1.807, 2.05) is 12.1 Å². The minimum Gasteiger partial charge on any atom is -0.494 e. The highest BCUT2D eigenvalue weighted by atomic mass is 19.1. The van der Waals surface area contributed by atoms with Crippen LogP contribution in [-0.2, 0) is 9.63 Å². The summed E-state index contributed by atoms with van der Waals surface area (Å²) >= 11 is 0. The fourth-order valence-corrected chi connectivity index (χ4v) is 2.84. The Hall–Kier alpha value is -3.48. The van der Waals surface area contributed by atoms with Gasteiger partial charge in [0.15, 0.2) is 5.88 Å². The van der Waals surface area contributed by atoms with Crippen LogP contribution in [-0.4, -0.2) is 27.5 Å². The highest BCUT2D eigenvalue weighted by Crippen LogP contribution is 2.35. The third-order valence-corrected chi connectivity index (χ3v) is 3.86. The Morgan fingerprint density at radius 3 is 2.88 bits per heavy atom. The van der Waals surface area contributed by atoms with Gasteiger partial charge in [0.2, 0.25) is 0 Å². The SMILES string of the molecule is CC(=O)O/N=C1/C(c2c(O)[nH]c3cc(F)ccc23)=Nc2ccccc21. The Bertz CT molecular complexity index is 1080. The molecule has 2 aromatic carbocycles. The molecule has 0 spiro atoms. The predicted molar refractivity (Wildman–Crippen MR) is 90.9 cm³/mol. The minimum absolute atomic E-state index is 0.164. The number of para-hydroxylation sites is 1. The summed E-state index contributed by atoms with van der Waals surface area (Å²) in [5, 5.41) is 14.8. The van der Waals surface area contributed by atoms with Crippen molar-refractivity contribution in [3.63, 3.8) is 0 Å². The van der Waals surface area contributed by atoms with Gasteiger partial charge in [-0.3, -0.25) is 0 Å². The van der Waals surface area contributed by atoms with Crippen LogP contribution in [0, 0.1) is 5.82 Å². The molecule has 3 aromatic rings. The average Bonchev–Trinajstić information content (AvgIpc) is 3.08. The van der Waals surface area contributed by atoms with Crippen molar-refractivity contribution in [1.82, 2.24) is 4.98 Å². The summed E-state index contributed by atoms with van der Waals surface area (Å²) < 4.78 is 13.4. The first kappa shape index (κ1) is 15.1. The third-order valence-electron chi connectivity index (χ3n) is 3.86. The Morgan fingerprint density at radius 2 is 2.08 bits per heavy atom. The molecule has 0 atom stereocenters. The Kier molecular flexibility index (Phi) is 3.35. The zero-order chi connectivity index (χ0) is 17.6. The number of H-pyrrole nitrogens is 1. The number of halogens is 1. The summed E-state index contributed by atoms with van der Waals surface area (Å²) in [6.07, 6.45) is 0. The van der Waals surface area contributed by atoms with Crippen molar-refractivity contribution < 1.29 is 19.1 Å². The average molecular weight is 337 g/mol. The van der Waals surface area contributed by atoms with E-state index in [-0.39, 0.29) is 5.88 Å². The molecule has 0 radical (unpaired) electrons. The van der Waals surface area contributed by atoms with Gasteiger partial charge in [0.05, 0.1) is 16.8 Å². The number of oxime groups is 1. The van der Waals surface area contributed by atoms with E-state index in [0.717, 1.165) is 0 Å². The minimum atomic E-state index is -0.568. The van der Waals surface area contributed by atoms with E-state index >= 15 is 0 Å². The second kappa shape index (κ2) is 5.55. The highest BCUT2D eigenvalue weighted by Gasteiger charge is 2.29. The lowest BCUT2D eigenvalue weighted by atomic mass is 10.0. The van der Waals surface area contributed by atoms with Crippen LogP contribution in [0.4, 0.5) is 10.1 Å². The lowest BCUT2D eigenvalue weighted by Gasteiger charge is -2.03. The maximum Gasteiger partial charge on any atom is 0.332 e. The number of aromatic nitrogens is 1. The lowest BCUT2D eigenvalue weighted by molar-refractivity contribution is -0.140. The summed E-state index contributed by atoms with van der Waals surface area (Å²) in [6.45, 7) is 1.24. The van der Waals surface area contributed by atoms with Crippen LogP contribution in [0.25, 0.3) is 10.9 Å². The first-order valence-electron chi connectivity index (χ1n) is 7.49. The van der Waals surface area contributed by atoms with Crippen molar-refractivity contribution in [3.05, 3.63) is 59.4 Å². The van der Waals surface area contributed by atoms with Crippen LogP contribution < -0.4 is 0 Å². The number of nitrogens with one attached hydrogen (secondary N) is 1. The first-order valence-corrected chi connectivity index (χ1v) is 7.49. The molecule has 7 heteroatoms. The van der Waals surface area contributed by atoms with Gasteiger partial charge >= 0.3 is 5.97 Å². The van der Waals surface area contributed by atoms with Crippen LogP contribution in [0.5, 0.6) is 5.88 Å². The van der Waals surface area contributed by atoms with Crippen LogP contribution in [0.2, 0.25) is 0 Å². The molecule has 6 nitrogen and oxygen atoms in total. The number of hydrogen-bond donors (Lipinski definition) is 2. The standard InChI is InChI=1S/C18H12FN3O3/c1-9(23)25-22-16-12-4-2-3-5-13(12)20-17(16)15-11-7-6-10(19)8-14(11)21-18(15)24/h2-8,21,24H,1H3/b22-16+. The first-order chi connectivity index (χ1) is 12.0. The summed E-state index contributed by atoms with van der Waals surface area (Å²) in [4.78, 5) is 23.2. The lowest BCUT2D eigenvalue weighted by Crippen LogP contribution is -2.14. The molecule has 0 fully saturated rings. The number of fused-ring (bicyclic) bond motifs is 2. The van der Waals surface area contributed by atoms with Crippen molar-refractivity contribution in [1.29, 1.82) is 0 Å². The number of hydrogen-bond acceptors (Lipinski definition) is 5. The Balaban J connectivity index is 1.94. The zero-order valence-corrected chi connectivity index (χ0v) is 13.1. The summed E-state index contributed by atoms with van der Waals surface area (Å²) in [6, 6.07) is 11.3. The normalized spacial score (nSPS) is 14.6. The molecule has 0 saturated heterocycles. The molecular formula is C18H12FN3O3. The van der Waals surface area contributed by atoms with Gasteiger partial charge in [-0.15, -0.1) is 0 Å². The summed E-state index contributed by atoms with van der Waals surface area (Å²) in [5.41, 5.74) is 2.79. The number of carbonyl (C=O) groups is 1. The number of aliphatic imine (C=N–C) groups is 1. The van der Waals surface area contributed by atoms with Gasteiger partial charge in [-0.1, -0.05) is 23.4 Å². The molecule has 0 bridgehead atoms. The smallest absolute Gasteiger partial charge is 0.332 e. The van der Waals surface area contributed by atoms with Gasteiger partial charge in [-0.05, 0) is 24.3 Å². The molecule has 1 aliphatic rings. The fourth-order valence-electron chi connectivity index (χ4n) is 2.84. The molecule has 4 rings (SSSR count). The van der Waals surface area contributed by atoms with Gasteiger partial charge in [-0.2, -0.15) is 0 Å². The maximum absolute atomic E-state index is 13.4. The highest BCUT2D eigenvalue weighted by molar-refractivity contribution is 6.58. The Morgan fingerprint density at radius 1 is 1.28 bits per heavy atom. The van der Waals surface area contributed by atoms with Crippen LogP contribution in [0.15, 0.2) is 52.6 Å². The Labute approximate surface area is 141 Å². The number of rotatable bonds is 2. The molecule has 124 valence electrons. The molecular weight excluding hydrogens is 325 g/mol. The van der Waals surface area contributed by atoms with E-state index in [2.05, 4.69) is 15.1 Å². The third kappa shape index (κ3) is 2.46. The van der Waals surface area contributed by atoms with Gasteiger partial charge < -0.3 is 14.9 Å². The number of benzene rings is 2. The molecule has 2 heterocycles. The van der Waals surface area contributed by atoms with E-state index < -0.39 is 11.8 Å². The second-order valence-corrected chi connectivity index (χ2v) is 5.54. The maximum atomic E-state index is 13.4. The molecule has 2 N–H and O–H groups in total. The van der Waals surface area contributed by atoms with Crippen LogP contribution in [0.3, 0.4) is 0 Å². The van der Waals surface area contributed by atoms with Gasteiger partial charge in [0.25, 0.3) is 0 Å². The molecule has 0 aliphatic carbocycles. The monoisotopic (exact) mass is 337 g/mol. The van der Waals surface area contributed by atoms with Crippen LogP contribution in [0.1, 0.15) is 18.1 Å². The predicted octanol–water partition coefficient (Wildman–Crippen LogP) is 3.41. The topological polar surface area (TPSA) is 87.0 Å². The van der Waals surface area contributed by atoms with E-state index in [1.165, 1.54) is 19.1 Å². The number of nitrogens with zero attached hydrogens (tertiary/aromatic N) is 2. The van der Waals surface area contributed by atoms with Crippen molar-refractivity contribution >= 4 is 34.0 Å². The quantitative estimate of drug-likeness (QED) is 0.555. The van der Waals surface area contributed by atoms with Gasteiger partial charge in [-0.25, -0.2) is 14.2 Å². The van der Waals surface area contributed by atoms with Crippen molar-refractivity contribution in [2.24, 2.45) is 10.1 Å². The number of aromatic hydroxyl groups is 1. The van der Waals surface area contributed by atoms with Gasteiger partial charge in [0, 0.05) is 17.9 Å². The van der Waals surface area contributed by atoms with Crippen molar-refractivity contribution in [3.8, 4) is 5.88 Å². The van der Waals surface area contributed by atoms with E-state index in [0.29, 0.717) is 39.1 Å².